The number of aromatic nitrogens is 2. The van der Waals surface area contributed by atoms with E-state index in [0.717, 1.165) is 0 Å². The van der Waals surface area contributed by atoms with Crippen LogP contribution in [0.25, 0.3) is 0 Å². The van der Waals surface area contributed by atoms with Crippen molar-refractivity contribution in [2.45, 2.75) is 6.54 Å². The highest BCUT2D eigenvalue weighted by Gasteiger charge is 2.22. The predicted molar refractivity (Wildman–Crippen MR) is 67.5 cm³/mol. The maximum absolute atomic E-state index is 12.2. The van der Waals surface area contributed by atoms with Gasteiger partial charge in [0, 0.05) is 25.5 Å². The Labute approximate surface area is 109 Å². The molecule has 0 fully saturated rings. The van der Waals surface area contributed by atoms with Crippen LogP contribution in [0, 0.1) is 10.1 Å². The average Bonchev–Trinajstić information content (AvgIpc) is 2.90. The molecule has 1 amide bonds. The van der Waals surface area contributed by atoms with E-state index in [-0.39, 0.29) is 17.8 Å². The molecule has 0 radical (unpaired) electrons. The Balaban J connectivity index is 2.22. The van der Waals surface area contributed by atoms with Crippen molar-refractivity contribution in [1.82, 2.24) is 14.9 Å². The van der Waals surface area contributed by atoms with Crippen molar-refractivity contribution in [3.63, 3.8) is 0 Å². The normalized spacial score (nSPS) is 10.2. The number of benzene rings is 1. The summed E-state index contributed by atoms with van der Waals surface area (Å²) < 4.78 is 0. The Hall–Kier alpha value is -2.70. The smallest absolute Gasteiger partial charge is 0.282 e. The lowest BCUT2D eigenvalue weighted by molar-refractivity contribution is -0.385. The molecule has 0 saturated carbocycles. The van der Waals surface area contributed by atoms with Gasteiger partial charge in [-0.15, -0.1) is 0 Å². The van der Waals surface area contributed by atoms with Crippen LogP contribution in [0.3, 0.4) is 0 Å². The number of amides is 1. The maximum atomic E-state index is 12.2. The summed E-state index contributed by atoms with van der Waals surface area (Å²) in [4.78, 5) is 30.8. The van der Waals surface area contributed by atoms with Gasteiger partial charge in [0.05, 0.1) is 11.5 Å². The van der Waals surface area contributed by atoms with Crippen molar-refractivity contribution in [2.24, 2.45) is 0 Å². The molecular weight excluding hydrogens is 248 g/mol. The molecule has 0 unspecified atom stereocenters. The molecule has 0 aliphatic carbocycles. The molecule has 1 heterocycles. The van der Waals surface area contributed by atoms with Crippen LogP contribution < -0.4 is 0 Å². The van der Waals surface area contributed by atoms with Gasteiger partial charge in [-0.1, -0.05) is 12.1 Å². The summed E-state index contributed by atoms with van der Waals surface area (Å²) in [5, 5.41) is 10.9. The number of hydrogen-bond donors (Lipinski definition) is 1. The Morgan fingerprint density at radius 1 is 1.47 bits per heavy atom. The van der Waals surface area contributed by atoms with E-state index in [4.69, 9.17) is 0 Å². The van der Waals surface area contributed by atoms with Gasteiger partial charge in [-0.05, 0) is 6.07 Å². The fourth-order valence-electron chi connectivity index (χ4n) is 1.70. The number of nitrogens with zero attached hydrogens (tertiary/aromatic N) is 3. The molecule has 0 atom stereocenters. The Kier molecular flexibility index (Phi) is 3.56. The van der Waals surface area contributed by atoms with Gasteiger partial charge in [0.1, 0.15) is 11.4 Å². The molecule has 1 aromatic heterocycles. The number of nitro benzene ring substituents is 1. The minimum atomic E-state index is -0.562. The van der Waals surface area contributed by atoms with Gasteiger partial charge in [0.15, 0.2) is 0 Å². The average molecular weight is 260 g/mol. The highest BCUT2D eigenvalue weighted by molar-refractivity contribution is 5.97. The van der Waals surface area contributed by atoms with Crippen LogP contribution in [0.1, 0.15) is 16.2 Å². The highest BCUT2D eigenvalue weighted by Crippen LogP contribution is 2.19. The summed E-state index contributed by atoms with van der Waals surface area (Å²) >= 11 is 0. The Bertz CT molecular complexity index is 595. The van der Waals surface area contributed by atoms with E-state index in [1.807, 2.05) is 0 Å². The molecule has 0 saturated heterocycles. The zero-order valence-corrected chi connectivity index (χ0v) is 10.2. The first-order valence-corrected chi connectivity index (χ1v) is 5.56. The largest absolute Gasteiger partial charge is 0.347 e. The minimum absolute atomic E-state index is 0.0709. The number of aromatic amines is 1. The second-order valence-corrected chi connectivity index (χ2v) is 3.97. The third kappa shape index (κ3) is 2.76. The summed E-state index contributed by atoms with van der Waals surface area (Å²) in [6.07, 6.45) is 3.23. The van der Waals surface area contributed by atoms with Crippen molar-refractivity contribution in [3.05, 3.63) is 58.2 Å². The Morgan fingerprint density at radius 3 is 2.84 bits per heavy atom. The van der Waals surface area contributed by atoms with E-state index in [0.29, 0.717) is 5.82 Å². The number of para-hydroxylation sites is 1. The predicted octanol–water partition coefficient (Wildman–Crippen LogP) is 1.59. The number of carbonyl (C=O) groups is 1. The molecule has 7 heteroatoms. The third-order valence-electron chi connectivity index (χ3n) is 2.62. The summed E-state index contributed by atoms with van der Waals surface area (Å²) in [7, 11) is 1.57. The lowest BCUT2D eigenvalue weighted by Crippen LogP contribution is -2.27. The molecule has 0 spiro atoms. The molecule has 98 valence electrons. The number of nitrogens with one attached hydrogen (secondary N) is 1. The lowest BCUT2D eigenvalue weighted by Gasteiger charge is -2.15. The minimum Gasteiger partial charge on any atom is -0.347 e. The molecular formula is C12H12N4O3. The number of hydrogen-bond acceptors (Lipinski definition) is 4. The van der Waals surface area contributed by atoms with Crippen molar-refractivity contribution in [2.75, 3.05) is 7.05 Å². The molecule has 2 rings (SSSR count). The molecule has 1 aromatic carbocycles. The summed E-state index contributed by atoms with van der Waals surface area (Å²) in [5.74, 6) is 0.207. The SMILES string of the molecule is CN(Cc1ncc[nH]1)C(=O)c1ccccc1[N+](=O)[O-]. The molecule has 1 N–H and O–H groups in total. The van der Waals surface area contributed by atoms with Crippen molar-refractivity contribution >= 4 is 11.6 Å². The third-order valence-corrected chi connectivity index (χ3v) is 2.62. The summed E-state index contributed by atoms with van der Waals surface area (Å²) in [6.45, 7) is 0.262. The van der Waals surface area contributed by atoms with Gasteiger partial charge in [-0.25, -0.2) is 4.98 Å². The maximum Gasteiger partial charge on any atom is 0.282 e. The van der Waals surface area contributed by atoms with Gasteiger partial charge in [-0.2, -0.15) is 0 Å². The first-order chi connectivity index (χ1) is 9.09. The van der Waals surface area contributed by atoms with Crippen LogP contribution in [-0.4, -0.2) is 32.7 Å². The first-order valence-electron chi connectivity index (χ1n) is 5.56. The molecule has 19 heavy (non-hydrogen) atoms. The fourth-order valence-corrected chi connectivity index (χ4v) is 1.70. The van der Waals surface area contributed by atoms with Gasteiger partial charge >= 0.3 is 0 Å². The fraction of sp³-hybridized carbons (Fsp3) is 0.167. The van der Waals surface area contributed by atoms with Gasteiger partial charge in [0.25, 0.3) is 11.6 Å². The monoisotopic (exact) mass is 260 g/mol. The van der Waals surface area contributed by atoms with Crippen molar-refractivity contribution in [3.8, 4) is 0 Å². The molecule has 7 nitrogen and oxygen atoms in total. The number of rotatable bonds is 4. The van der Waals surface area contributed by atoms with E-state index in [1.54, 1.807) is 25.5 Å². The zero-order valence-electron chi connectivity index (χ0n) is 10.2. The Morgan fingerprint density at radius 2 is 2.21 bits per heavy atom. The molecule has 0 aliphatic heterocycles. The van der Waals surface area contributed by atoms with Crippen molar-refractivity contribution < 1.29 is 9.72 Å². The molecule has 0 bridgehead atoms. The second kappa shape index (κ2) is 5.30. The van der Waals surface area contributed by atoms with E-state index < -0.39 is 10.8 Å². The highest BCUT2D eigenvalue weighted by atomic mass is 16.6. The lowest BCUT2D eigenvalue weighted by atomic mass is 10.1. The van der Waals surface area contributed by atoms with Gasteiger partial charge < -0.3 is 9.88 Å². The van der Waals surface area contributed by atoms with Crippen LogP contribution in [0.15, 0.2) is 36.7 Å². The first kappa shape index (κ1) is 12.7. The standard InChI is InChI=1S/C12H12N4O3/c1-15(8-11-13-6-7-14-11)12(17)9-4-2-3-5-10(9)16(18)19/h2-7H,8H2,1H3,(H,13,14). The van der Waals surface area contributed by atoms with Crippen LogP contribution in [0.2, 0.25) is 0 Å². The van der Waals surface area contributed by atoms with Crippen LogP contribution in [0.5, 0.6) is 0 Å². The topological polar surface area (TPSA) is 92.1 Å². The zero-order chi connectivity index (χ0) is 13.8. The molecule has 2 aromatic rings. The number of carbonyl (C=O) groups excluding carboxylic acids is 1. The van der Waals surface area contributed by atoms with E-state index in [2.05, 4.69) is 9.97 Å². The summed E-state index contributed by atoms with van der Waals surface area (Å²) in [6, 6.07) is 5.88. The van der Waals surface area contributed by atoms with Crippen LogP contribution in [-0.2, 0) is 6.54 Å². The quantitative estimate of drug-likeness (QED) is 0.667. The van der Waals surface area contributed by atoms with Crippen molar-refractivity contribution in [1.29, 1.82) is 0 Å². The van der Waals surface area contributed by atoms with E-state index >= 15 is 0 Å². The number of imidazole rings is 1. The van der Waals surface area contributed by atoms with Gasteiger partial charge in [0.2, 0.25) is 0 Å². The summed E-state index contributed by atoms with van der Waals surface area (Å²) in [5.41, 5.74) is -0.125. The van der Waals surface area contributed by atoms with Crippen LogP contribution >= 0.6 is 0 Å². The van der Waals surface area contributed by atoms with Gasteiger partial charge in [-0.3, -0.25) is 14.9 Å². The molecule has 0 aliphatic rings. The van der Waals surface area contributed by atoms with E-state index in [9.17, 15) is 14.9 Å². The van der Waals surface area contributed by atoms with E-state index in [1.165, 1.54) is 23.1 Å². The second-order valence-electron chi connectivity index (χ2n) is 3.97. The number of H-pyrrole nitrogens is 1. The van der Waals surface area contributed by atoms with Crippen LogP contribution in [0.4, 0.5) is 5.69 Å². The number of nitro groups is 1.